The molecule has 0 aromatic carbocycles. The molecule has 58 heavy (non-hydrogen) atoms. The predicted molar refractivity (Wildman–Crippen MR) is 247 cm³/mol. The minimum absolute atomic E-state index is 0.0652. The number of carbonyl (C=O) groups excluding carboxylic acids is 3. The lowest BCUT2D eigenvalue weighted by molar-refractivity contribution is -0.167. The largest absolute Gasteiger partial charge is 0.462 e. The Kier molecular flexibility index (Phi) is 42.3. The molecule has 0 aliphatic carbocycles. The average molecular weight is 821 g/mol. The zero-order valence-electron chi connectivity index (χ0n) is 39.8. The van der Waals surface area contributed by atoms with Crippen LogP contribution in [0.2, 0.25) is 0 Å². The lowest BCUT2D eigenvalue weighted by Crippen LogP contribution is -2.30. The molecule has 0 bridgehead atoms. The Bertz CT molecular complexity index is 898. The van der Waals surface area contributed by atoms with Crippen molar-refractivity contribution in [2.24, 2.45) is 17.8 Å². The summed E-state index contributed by atoms with van der Waals surface area (Å²) in [5.41, 5.74) is 0. The molecule has 0 fully saturated rings. The normalized spacial score (nSPS) is 12.2. The number of carbonyl (C=O) groups is 3. The SMILES string of the molecule is CC(C)CCCCCCCCCCCCCCCC(=O)O[C@H](COC(=O)CCCCCCCCCCCCCC(C)C)COC(=O)CCCCCCCCCC(C)C. The number of esters is 3. The van der Waals surface area contributed by atoms with Gasteiger partial charge in [0, 0.05) is 19.3 Å². The monoisotopic (exact) mass is 821 g/mol. The van der Waals surface area contributed by atoms with E-state index in [0.717, 1.165) is 75.5 Å². The third kappa shape index (κ3) is 45.5. The zero-order valence-corrected chi connectivity index (χ0v) is 39.8. The van der Waals surface area contributed by atoms with Crippen LogP contribution in [-0.2, 0) is 28.6 Å². The van der Waals surface area contributed by atoms with Gasteiger partial charge in [-0.2, -0.15) is 0 Å². The fourth-order valence-electron chi connectivity index (χ4n) is 7.76. The van der Waals surface area contributed by atoms with Crippen molar-refractivity contribution in [2.75, 3.05) is 13.2 Å². The minimum Gasteiger partial charge on any atom is -0.462 e. The molecule has 0 aromatic heterocycles. The highest BCUT2D eigenvalue weighted by molar-refractivity contribution is 5.71. The van der Waals surface area contributed by atoms with Gasteiger partial charge in [-0.15, -0.1) is 0 Å². The van der Waals surface area contributed by atoms with Crippen LogP contribution in [0.5, 0.6) is 0 Å². The molecule has 0 rings (SSSR count). The number of hydrogen-bond acceptors (Lipinski definition) is 6. The van der Waals surface area contributed by atoms with Crippen molar-refractivity contribution in [1.82, 2.24) is 0 Å². The van der Waals surface area contributed by atoms with Crippen LogP contribution in [0.25, 0.3) is 0 Å². The maximum atomic E-state index is 12.8. The Hall–Kier alpha value is -1.59. The molecule has 0 aromatic rings. The van der Waals surface area contributed by atoms with Gasteiger partial charge in [0.25, 0.3) is 0 Å². The summed E-state index contributed by atoms with van der Waals surface area (Å²) in [6.07, 6.45) is 42.4. The number of rotatable bonds is 45. The second kappa shape index (κ2) is 43.5. The molecule has 6 heteroatoms. The third-order valence-electron chi connectivity index (χ3n) is 11.6. The van der Waals surface area contributed by atoms with Crippen LogP contribution in [0.4, 0.5) is 0 Å². The first-order valence-corrected chi connectivity index (χ1v) is 25.6. The molecule has 0 N–H and O–H groups in total. The second-order valence-electron chi connectivity index (χ2n) is 19.2. The van der Waals surface area contributed by atoms with Gasteiger partial charge in [0.2, 0.25) is 0 Å². The summed E-state index contributed by atoms with van der Waals surface area (Å²) < 4.78 is 16.8. The van der Waals surface area contributed by atoms with Crippen molar-refractivity contribution >= 4 is 17.9 Å². The highest BCUT2D eigenvalue weighted by Gasteiger charge is 2.19. The highest BCUT2D eigenvalue weighted by atomic mass is 16.6. The van der Waals surface area contributed by atoms with Crippen molar-refractivity contribution in [3.8, 4) is 0 Å². The smallest absolute Gasteiger partial charge is 0.306 e. The summed E-state index contributed by atoms with van der Waals surface area (Å²) in [6, 6.07) is 0. The first-order valence-electron chi connectivity index (χ1n) is 25.6. The van der Waals surface area contributed by atoms with E-state index in [9.17, 15) is 14.4 Å². The van der Waals surface area contributed by atoms with E-state index in [4.69, 9.17) is 14.2 Å². The highest BCUT2D eigenvalue weighted by Crippen LogP contribution is 2.17. The molecule has 0 saturated carbocycles. The molecular formula is C52H100O6. The maximum Gasteiger partial charge on any atom is 0.306 e. The number of unbranched alkanes of at least 4 members (excludes halogenated alkanes) is 28. The van der Waals surface area contributed by atoms with Crippen molar-refractivity contribution in [3.63, 3.8) is 0 Å². The fraction of sp³-hybridized carbons (Fsp3) is 0.942. The van der Waals surface area contributed by atoms with Crippen LogP contribution in [0.3, 0.4) is 0 Å². The third-order valence-corrected chi connectivity index (χ3v) is 11.6. The van der Waals surface area contributed by atoms with Crippen LogP contribution >= 0.6 is 0 Å². The fourth-order valence-corrected chi connectivity index (χ4v) is 7.76. The van der Waals surface area contributed by atoms with Crippen LogP contribution in [0.15, 0.2) is 0 Å². The minimum atomic E-state index is -0.763. The van der Waals surface area contributed by atoms with Gasteiger partial charge < -0.3 is 14.2 Å². The van der Waals surface area contributed by atoms with Crippen molar-refractivity contribution in [1.29, 1.82) is 0 Å². The standard InChI is InChI=1S/C52H100O6/c1-46(2)38-32-26-20-15-11-8-7-9-13-18-24-31-37-43-52(55)58-49(45-57-51(54)42-36-30-25-19-22-28-34-40-48(5)6)44-56-50(53)41-35-29-23-17-14-10-12-16-21-27-33-39-47(3)4/h46-49H,7-45H2,1-6H3/t49-/m1/s1. The Morgan fingerprint density at radius 3 is 0.741 bits per heavy atom. The van der Waals surface area contributed by atoms with E-state index in [1.807, 2.05) is 0 Å². The Morgan fingerprint density at radius 2 is 0.500 bits per heavy atom. The van der Waals surface area contributed by atoms with E-state index in [1.54, 1.807) is 0 Å². The van der Waals surface area contributed by atoms with Gasteiger partial charge in [-0.05, 0) is 37.0 Å². The molecule has 0 unspecified atom stereocenters. The Balaban J connectivity index is 4.30. The molecular weight excluding hydrogens is 721 g/mol. The topological polar surface area (TPSA) is 78.9 Å². The molecule has 0 heterocycles. The lowest BCUT2D eigenvalue weighted by Gasteiger charge is -2.18. The van der Waals surface area contributed by atoms with E-state index >= 15 is 0 Å². The van der Waals surface area contributed by atoms with E-state index in [0.29, 0.717) is 19.3 Å². The summed E-state index contributed by atoms with van der Waals surface area (Å²) in [5.74, 6) is 1.59. The second-order valence-corrected chi connectivity index (χ2v) is 19.2. The zero-order chi connectivity index (χ0) is 42.7. The molecule has 1 atom stereocenters. The summed E-state index contributed by atoms with van der Waals surface area (Å²) in [6.45, 7) is 13.7. The van der Waals surface area contributed by atoms with E-state index in [-0.39, 0.29) is 31.1 Å². The first-order chi connectivity index (χ1) is 28.1. The summed E-state index contributed by atoms with van der Waals surface area (Å²) >= 11 is 0. The van der Waals surface area contributed by atoms with Gasteiger partial charge in [-0.3, -0.25) is 14.4 Å². The average Bonchev–Trinajstić information content (AvgIpc) is 3.18. The molecule has 0 saturated heterocycles. The molecule has 0 spiro atoms. The van der Waals surface area contributed by atoms with Crippen molar-refractivity contribution < 1.29 is 28.6 Å². The molecule has 0 amide bonds. The van der Waals surface area contributed by atoms with E-state index in [1.165, 1.54) is 161 Å². The maximum absolute atomic E-state index is 12.8. The predicted octanol–water partition coefficient (Wildman–Crippen LogP) is 16.4. The van der Waals surface area contributed by atoms with Crippen molar-refractivity contribution in [2.45, 2.75) is 285 Å². The van der Waals surface area contributed by atoms with Gasteiger partial charge in [0.1, 0.15) is 13.2 Å². The van der Waals surface area contributed by atoms with Crippen molar-refractivity contribution in [3.05, 3.63) is 0 Å². The van der Waals surface area contributed by atoms with Crippen LogP contribution in [0, 0.1) is 17.8 Å². The number of ether oxygens (including phenoxy) is 3. The molecule has 344 valence electrons. The quantitative estimate of drug-likeness (QED) is 0.0346. The van der Waals surface area contributed by atoms with Crippen LogP contribution in [-0.4, -0.2) is 37.2 Å². The lowest BCUT2D eigenvalue weighted by atomic mass is 10.0. The summed E-state index contributed by atoms with van der Waals surface area (Å²) in [7, 11) is 0. The van der Waals surface area contributed by atoms with Gasteiger partial charge in [0.05, 0.1) is 0 Å². The summed E-state index contributed by atoms with van der Waals surface area (Å²) in [4.78, 5) is 37.9. The van der Waals surface area contributed by atoms with Crippen LogP contribution in [0.1, 0.15) is 279 Å². The first kappa shape index (κ1) is 56.4. The Morgan fingerprint density at radius 1 is 0.293 bits per heavy atom. The Labute approximate surface area is 361 Å². The number of hydrogen-bond donors (Lipinski definition) is 0. The van der Waals surface area contributed by atoms with E-state index in [2.05, 4.69) is 41.5 Å². The molecule has 0 radical (unpaired) electrons. The molecule has 0 aliphatic rings. The van der Waals surface area contributed by atoms with Gasteiger partial charge in [0.15, 0.2) is 6.10 Å². The van der Waals surface area contributed by atoms with E-state index < -0.39 is 6.10 Å². The molecule has 0 aliphatic heterocycles. The molecule has 6 nitrogen and oxygen atoms in total. The van der Waals surface area contributed by atoms with Gasteiger partial charge >= 0.3 is 17.9 Å². The van der Waals surface area contributed by atoms with Gasteiger partial charge in [-0.25, -0.2) is 0 Å². The summed E-state index contributed by atoms with van der Waals surface area (Å²) in [5, 5.41) is 0. The van der Waals surface area contributed by atoms with Gasteiger partial charge in [-0.1, -0.05) is 241 Å². The van der Waals surface area contributed by atoms with Crippen LogP contribution < -0.4 is 0 Å².